The highest BCUT2D eigenvalue weighted by molar-refractivity contribution is 5.98. The summed E-state index contributed by atoms with van der Waals surface area (Å²) in [6.07, 6.45) is 0. The molecule has 1 heteroatoms. The monoisotopic (exact) mass is 299 g/mol. The zero-order chi connectivity index (χ0) is 16.1. The summed E-state index contributed by atoms with van der Waals surface area (Å²) in [5.74, 6) is 0. The molecule has 3 rings (SSSR count). The number of aryl methyl sites for hydroxylation is 1. The Balaban J connectivity index is 1.71. The molecule has 1 nitrogen and oxygen atoms in total. The summed E-state index contributed by atoms with van der Waals surface area (Å²) in [5, 5.41) is 0. The van der Waals surface area contributed by atoms with Gasteiger partial charge in [-0.25, -0.2) is 0 Å². The zero-order valence-electron chi connectivity index (χ0n) is 13.7. The van der Waals surface area contributed by atoms with Gasteiger partial charge in [0.25, 0.3) is 0 Å². The maximum atomic E-state index is 4.70. The molecule has 0 N–H and O–H groups in total. The first-order chi connectivity index (χ1) is 11.2. The molecule has 0 radical (unpaired) electrons. The SMILES string of the molecule is CC(=NCc1ccc(-c2ccc(C)cc2)cc1)c1ccccc1. The molecule has 0 unspecified atom stereocenters. The van der Waals surface area contributed by atoms with E-state index in [0.717, 1.165) is 12.3 Å². The van der Waals surface area contributed by atoms with Crippen molar-refractivity contribution in [3.05, 3.63) is 95.6 Å². The first-order valence-electron chi connectivity index (χ1n) is 7.95. The molecule has 3 aromatic carbocycles. The van der Waals surface area contributed by atoms with Gasteiger partial charge in [0, 0.05) is 5.71 Å². The zero-order valence-corrected chi connectivity index (χ0v) is 13.7. The van der Waals surface area contributed by atoms with Gasteiger partial charge in [0.1, 0.15) is 0 Å². The molecular formula is C22H21N. The Bertz CT molecular complexity index is 782. The van der Waals surface area contributed by atoms with Gasteiger partial charge in [0.2, 0.25) is 0 Å². The molecule has 0 bridgehead atoms. The molecule has 0 aromatic heterocycles. The Labute approximate surface area is 138 Å². The van der Waals surface area contributed by atoms with Gasteiger partial charge >= 0.3 is 0 Å². The predicted octanol–water partition coefficient (Wildman–Crippen LogP) is 5.67. The van der Waals surface area contributed by atoms with Gasteiger partial charge in [-0.05, 0) is 36.1 Å². The predicted molar refractivity (Wildman–Crippen MR) is 99.0 cm³/mol. The Morgan fingerprint density at radius 1 is 0.739 bits per heavy atom. The Morgan fingerprint density at radius 2 is 1.30 bits per heavy atom. The van der Waals surface area contributed by atoms with Gasteiger partial charge in [0.15, 0.2) is 0 Å². The largest absolute Gasteiger partial charge is 0.285 e. The van der Waals surface area contributed by atoms with E-state index >= 15 is 0 Å². The third kappa shape index (κ3) is 3.95. The second-order valence-corrected chi connectivity index (χ2v) is 5.83. The van der Waals surface area contributed by atoms with Crippen molar-refractivity contribution >= 4 is 5.71 Å². The van der Waals surface area contributed by atoms with Crippen LogP contribution < -0.4 is 0 Å². The Hall–Kier alpha value is -2.67. The lowest BCUT2D eigenvalue weighted by molar-refractivity contribution is 1.07. The molecule has 0 atom stereocenters. The molecule has 0 spiro atoms. The number of rotatable bonds is 4. The van der Waals surface area contributed by atoms with E-state index in [9.17, 15) is 0 Å². The number of benzene rings is 3. The number of hydrogen-bond acceptors (Lipinski definition) is 1. The van der Waals surface area contributed by atoms with Crippen LogP contribution >= 0.6 is 0 Å². The standard InChI is InChI=1S/C22H21N/c1-17-8-12-21(13-9-17)22-14-10-19(11-15-22)16-23-18(2)20-6-4-3-5-7-20/h3-15H,16H2,1-2H3. The number of hydrogen-bond donors (Lipinski definition) is 0. The molecule has 0 aliphatic rings. The number of nitrogens with zero attached hydrogens (tertiary/aromatic N) is 1. The molecule has 0 amide bonds. The van der Waals surface area contributed by atoms with E-state index in [1.807, 2.05) is 18.2 Å². The van der Waals surface area contributed by atoms with Crippen molar-refractivity contribution in [2.24, 2.45) is 4.99 Å². The molecule has 23 heavy (non-hydrogen) atoms. The van der Waals surface area contributed by atoms with Crippen LogP contribution in [0.1, 0.15) is 23.6 Å². The van der Waals surface area contributed by atoms with E-state index in [-0.39, 0.29) is 0 Å². The quantitative estimate of drug-likeness (QED) is 0.550. The average Bonchev–Trinajstić information content (AvgIpc) is 2.61. The van der Waals surface area contributed by atoms with Gasteiger partial charge in [-0.1, -0.05) is 84.4 Å². The minimum absolute atomic E-state index is 0.717. The van der Waals surface area contributed by atoms with Gasteiger partial charge in [-0.3, -0.25) is 4.99 Å². The van der Waals surface area contributed by atoms with Crippen LogP contribution in [0.2, 0.25) is 0 Å². The van der Waals surface area contributed by atoms with Crippen molar-refractivity contribution in [2.75, 3.05) is 0 Å². The van der Waals surface area contributed by atoms with E-state index in [1.54, 1.807) is 0 Å². The molecule has 0 aliphatic heterocycles. The van der Waals surface area contributed by atoms with Crippen molar-refractivity contribution in [1.82, 2.24) is 0 Å². The van der Waals surface area contributed by atoms with Crippen LogP contribution in [0.5, 0.6) is 0 Å². The minimum Gasteiger partial charge on any atom is -0.285 e. The van der Waals surface area contributed by atoms with Crippen LogP contribution in [0.4, 0.5) is 0 Å². The smallest absolute Gasteiger partial charge is 0.0643 e. The van der Waals surface area contributed by atoms with Gasteiger partial charge in [-0.2, -0.15) is 0 Å². The Kier molecular flexibility index (Phi) is 4.68. The van der Waals surface area contributed by atoms with E-state index < -0.39 is 0 Å². The van der Waals surface area contributed by atoms with Gasteiger partial charge in [0.05, 0.1) is 6.54 Å². The lowest BCUT2D eigenvalue weighted by Gasteiger charge is -2.05. The molecule has 0 saturated carbocycles. The fourth-order valence-corrected chi connectivity index (χ4v) is 2.53. The van der Waals surface area contributed by atoms with Crippen LogP contribution in [0.15, 0.2) is 83.9 Å². The Morgan fingerprint density at radius 3 is 1.91 bits per heavy atom. The van der Waals surface area contributed by atoms with E-state index in [4.69, 9.17) is 4.99 Å². The highest BCUT2D eigenvalue weighted by Crippen LogP contribution is 2.20. The summed E-state index contributed by atoms with van der Waals surface area (Å²) in [4.78, 5) is 4.70. The van der Waals surface area contributed by atoms with Crippen LogP contribution in [-0.2, 0) is 6.54 Å². The lowest BCUT2D eigenvalue weighted by Crippen LogP contribution is -1.95. The maximum absolute atomic E-state index is 4.70. The first kappa shape index (κ1) is 15.2. The number of aliphatic imine (C=N–C) groups is 1. The van der Waals surface area contributed by atoms with Gasteiger partial charge < -0.3 is 0 Å². The maximum Gasteiger partial charge on any atom is 0.0643 e. The van der Waals surface area contributed by atoms with E-state index in [0.29, 0.717) is 0 Å². The summed E-state index contributed by atoms with van der Waals surface area (Å²) in [5.41, 5.74) is 7.29. The highest BCUT2D eigenvalue weighted by atomic mass is 14.7. The second kappa shape index (κ2) is 7.06. The molecular weight excluding hydrogens is 278 g/mol. The molecule has 3 aromatic rings. The fraction of sp³-hybridized carbons (Fsp3) is 0.136. The van der Waals surface area contributed by atoms with Crippen LogP contribution in [0, 0.1) is 6.92 Å². The average molecular weight is 299 g/mol. The van der Waals surface area contributed by atoms with Crippen LogP contribution in [0.25, 0.3) is 11.1 Å². The van der Waals surface area contributed by atoms with Gasteiger partial charge in [-0.15, -0.1) is 0 Å². The molecule has 0 heterocycles. The minimum atomic E-state index is 0.717. The van der Waals surface area contributed by atoms with Crippen molar-refractivity contribution in [1.29, 1.82) is 0 Å². The second-order valence-electron chi connectivity index (χ2n) is 5.83. The third-order valence-corrected chi connectivity index (χ3v) is 4.03. The first-order valence-corrected chi connectivity index (χ1v) is 7.95. The molecule has 114 valence electrons. The van der Waals surface area contributed by atoms with E-state index in [2.05, 4.69) is 74.5 Å². The molecule has 0 saturated heterocycles. The topological polar surface area (TPSA) is 12.4 Å². The lowest BCUT2D eigenvalue weighted by atomic mass is 10.0. The third-order valence-electron chi connectivity index (χ3n) is 4.03. The summed E-state index contributed by atoms with van der Waals surface area (Å²) < 4.78 is 0. The highest BCUT2D eigenvalue weighted by Gasteiger charge is 1.99. The van der Waals surface area contributed by atoms with Crippen LogP contribution in [0.3, 0.4) is 0 Å². The van der Waals surface area contributed by atoms with Crippen molar-refractivity contribution in [2.45, 2.75) is 20.4 Å². The summed E-state index contributed by atoms with van der Waals surface area (Å²) in [6.45, 7) is 4.89. The summed E-state index contributed by atoms with van der Waals surface area (Å²) in [6, 6.07) is 27.6. The normalized spacial score (nSPS) is 11.5. The van der Waals surface area contributed by atoms with E-state index in [1.165, 1.54) is 27.8 Å². The summed E-state index contributed by atoms with van der Waals surface area (Å²) in [7, 11) is 0. The fourth-order valence-electron chi connectivity index (χ4n) is 2.53. The van der Waals surface area contributed by atoms with Crippen molar-refractivity contribution in [3.63, 3.8) is 0 Å². The molecule has 0 fully saturated rings. The summed E-state index contributed by atoms with van der Waals surface area (Å²) >= 11 is 0. The van der Waals surface area contributed by atoms with Crippen molar-refractivity contribution in [3.8, 4) is 11.1 Å². The van der Waals surface area contributed by atoms with Crippen LogP contribution in [-0.4, -0.2) is 5.71 Å². The molecule has 0 aliphatic carbocycles. The van der Waals surface area contributed by atoms with Crippen molar-refractivity contribution < 1.29 is 0 Å².